The maximum atomic E-state index is 13.5. The van der Waals surface area contributed by atoms with E-state index in [9.17, 15) is 14.0 Å². The van der Waals surface area contributed by atoms with E-state index in [4.69, 9.17) is 0 Å². The van der Waals surface area contributed by atoms with Gasteiger partial charge in [-0.25, -0.2) is 4.39 Å². The largest absolute Gasteiger partial charge is 0.468 e. The average Bonchev–Trinajstić information content (AvgIpc) is 3.20. The van der Waals surface area contributed by atoms with Gasteiger partial charge < -0.3 is 10.1 Å². The summed E-state index contributed by atoms with van der Waals surface area (Å²) in [6, 6.07) is 4.49. The molecular formula is C13H13BrFNO3. The molecule has 0 saturated heterocycles. The minimum atomic E-state index is -1.06. The number of nitrogens with one attached hydrogen (secondary N) is 1. The first kappa shape index (κ1) is 14.0. The molecule has 0 bridgehead atoms. The predicted octanol–water partition coefficient (Wildman–Crippen LogP) is 2.16. The average molecular weight is 330 g/mol. The monoisotopic (exact) mass is 329 g/mol. The zero-order valence-corrected chi connectivity index (χ0v) is 11.9. The molecule has 0 radical (unpaired) electrons. The van der Waals surface area contributed by atoms with E-state index in [1.54, 1.807) is 12.1 Å². The fraction of sp³-hybridized carbons (Fsp3) is 0.385. The van der Waals surface area contributed by atoms with Crippen molar-refractivity contribution in [2.45, 2.75) is 19.4 Å². The van der Waals surface area contributed by atoms with E-state index in [2.05, 4.69) is 26.0 Å². The van der Waals surface area contributed by atoms with E-state index in [0.29, 0.717) is 18.4 Å². The molecule has 4 nitrogen and oxygen atoms in total. The fourth-order valence-electron chi connectivity index (χ4n) is 1.87. The highest BCUT2D eigenvalue weighted by Crippen LogP contribution is 2.46. The van der Waals surface area contributed by atoms with Gasteiger partial charge in [0.2, 0.25) is 5.91 Å². The van der Waals surface area contributed by atoms with Crippen molar-refractivity contribution < 1.29 is 18.7 Å². The van der Waals surface area contributed by atoms with Gasteiger partial charge in [0.1, 0.15) is 11.2 Å². The zero-order chi connectivity index (χ0) is 14.0. The van der Waals surface area contributed by atoms with Crippen molar-refractivity contribution in [3.8, 4) is 0 Å². The van der Waals surface area contributed by atoms with Crippen LogP contribution in [0.5, 0.6) is 0 Å². The van der Waals surface area contributed by atoms with Crippen LogP contribution in [0.2, 0.25) is 0 Å². The van der Waals surface area contributed by atoms with Crippen LogP contribution in [-0.4, -0.2) is 19.0 Å². The summed E-state index contributed by atoms with van der Waals surface area (Å²) in [6.45, 7) is 0.0445. The number of benzene rings is 1. The molecule has 0 atom stereocenters. The molecule has 1 aliphatic rings. The van der Waals surface area contributed by atoms with Gasteiger partial charge in [0.15, 0.2) is 0 Å². The summed E-state index contributed by atoms with van der Waals surface area (Å²) >= 11 is 3.24. The molecule has 1 amide bonds. The smallest absolute Gasteiger partial charge is 0.321 e. The van der Waals surface area contributed by atoms with Gasteiger partial charge in [-0.05, 0) is 31.0 Å². The van der Waals surface area contributed by atoms with Gasteiger partial charge in [0.25, 0.3) is 0 Å². The van der Waals surface area contributed by atoms with E-state index in [0.717, 1.165) is 4.47 Å². The Morgan fingerprint density at radius 1 is 1.47 bits per heavy atom. The van der Waals surface area contributed by atoms with Crippen molar-refractivity contribution >= 4 is 27.8 Å². The molecule has 0 heterocycles. The molecule has 2 rings (SSSR count). The Hall–Kier alpha value is -1.43. The van der Waals surface area contributed by atoms with Gasteiger partial charge in [-0.1, -0.05) is 15.9 Å². The molecular weight excluding hydrogens is 317 g/mol. The summed E-state index contributed by atoms with van der Waals surface area (Å²) in [5.74, 6) is -1.33. The second kappa shape index (κ2) is 5.28. The van der Waals surface area contributed by atoms with Crippen LogP contribution in [-0.2, 0) is 20.9 Å². The third-order valence-corrected chi connectivity index (χ3v) is 3.70. The summed E-state index contributed by atoms with van der Waals surface area (Å²) in [7, 11) is 1.25. The van der Waals surface area contributed by atoms with Crippen LogP contribution in [0.15, 0.2) is 22.7 Å². The summed E-state index contributed by atoms with van der Waals surface area (Å²) < 4.78 is 18.8. The minimum absolute atomic E-state index is 0.0445. The first-order valence-electron chi connectivity index (χ1n) is 5.80. The number of ether oxygens (including phenoxy) is 1. The Bertz CT molecular complexity index is 529. The number of halogens is 2. The van der Waals surface area contributed by atoms with Crippen molar-refractivity contribution in [3.05, 3.63) is 34.1 Å². The van der Waals surface area contributed by atoms with E-state index in [-0.39, 0.29) is 6.54 Å². The molecule has 1 N–H and O–H groups in total. The molecule has 1 aliphatic carbocycles. The highest BCUT2D eigenvalue weighted by atomic mass is 79.9. The number of carbonyl (C=O) groups is 2. The van der Waals surface area contributed by atoms with E-state index >= 15 is 0 Å². The SMILES string of the molecule is COC(=O)C1(C(=O)NCc2cc(Br)ccc2F)CC1. The van der Waals surface area contributed by atoms with Crippen LogP contribution in [0.3, 0.4) is 0 Å². The first-order valence-corrected chi connectivity index (χ1v) is 6.59. The van der Waals surface area contributed by atoms with E-state index in [1.807, 2.05) is 0 Å². The van der Waals surface area contributed by atoms with Gasteiger partial charge in [-0.15, -0.1) is 0 Å². The number of methoxy groups -OCH3 is 1. The molecule has 19 heavy (non-hydrogen) atoms. The van der Waals surface area contributed by atoms with Crippen molar-refractivity contribution in [2.24, 2.45) is 5.41 Å². The van der Waals surface area contributed by atoms with Crippen molar-refractivity contribution in [1.82, 2.24) is 5.32 Å². The van der Waals surface area contributed by atoms with Gasteiger partial charge in [0, 0.05) is 16.6 Å². The first-order chi connectivity index (χ1) is 8.99. The van der Waals surface area contributed by atoms with Gasteiger partial charge >= 0.3 is 5.97 Å². The molecule has 6 heteroatoms. The summed E-state index contributed by atoms with van der Waals surface area (Å²) in [4.78, 5) is 23.5. The number of hydrogen-bond acceptors (Lipinski definition) is 3. The lowest BCUT2D eigenvalue weighted by molar-refractivity contribution is -0.152. The van der Waals surface area contributed by atoms with Gasteiger partial charge in [-0.3, -0.25) is 9.59 Å². The van der Waals surface area contributed by atoms with Crippen LogP contribution in [0, 0.1) is 11.2 Å². The molecule has 1 saturated carbocycles. The van der Waals surface area contributed by atoms with E-state index < -0.39 is 23.1 Å². The maximum absolute atomic E-state index is 13.5. The molecule has 1 fully saturated rings. The number of esters is 1. The highest BCUT2D eigenvalue weighted by Gasteiger charge is 2.57. The molecule has 0 spiro atoms. The number of amides is 1. The Kier molecular flexibility index (Phi) is 3.89. The molecule has 0 aliphatic heterocycles. The Balaban J connectivity index is 2.01. The van der Waals surface area contributed by atoms with E-state index in [1.165, 1.54) is 13.2 Å². The second-order valence-corrected chi connectivity index (χ2v) is 5.41. The molecule has 0 unspecified atom stereocenters. The van der Waals surface area contributed by atoms with Crippen molar-refractivity contribution in [1.29, 1.82) is 0 Å². The molecule has 1 aromatic carbocycles. The fourth-order valence-corrected chi connectivity index (χ4v) is 2.28. The molecule has 102 valence electrons. The summed E-state index contributed by atoms with van der Waals surface area (Å²) in [6.07, 6.45) is 0.957. The Morgan fingerprint density at radius 3 is 2.74 bits per heavy atom. The Labute approximate surface area is 118 Å². The molecule has 1 aromatic rings. The third-order valence-electron chi connectivity index (χ3n) is 3.21. The quantitative estimate of drug-likeness (QED) is 0.680. The van der Waals surface area contributed by atoms with Crippen LogP contribution >= 0.6 is 15.9 Å². The van der Waals surface area contributed by atoms with Crippen LogP contribution in [0.25, 0.3) is 0 Å². The number of rotatable bonds is 4. The van der Waals surface area contributed by atoms with Gasteiger partial charge in [0.05, 0.1) is 7.11 Å². The zero-order valence-electron chi connectivity index (χ0n) is 10.3. The summed E-state index contributed by atoms with van der Waals surface area (Å²) in [5, 5.41) is 2.58. The van der Waals surface area contributed by atoms with Crippen LogP contribution in [0.1, 0.15) is 18.4 Å². The lowest BCUT2D eigenvalue weighted by Gasteiger charge is -2.13. The van der Waals surface area contributed by atoms with Crippen molar-refractivity contribution in [2.75, 3.05) is 7.11 Å². The second-order valence-electron chi connectivity index (χ2n) is 4.49. The number of carbonyl (C=O) groups excluding carboxylic acids is 2. The normalized spacial score (nSPS) is 15.7. The molecule has 0 aromatic heterocycles. The van der Waals surface area contributed by atoms with Gasteiger partial charge in [-0.2, -0.15) is 0 Å². The van der Waals surface area contributed by atoms with Crippen molar-refractivity contribution in [3.63, 3.8) is 0 Å². The lowest BCUT2D eigenvalue weighted by atomic mass is 10.1. The third kappa shape index (κ3) is 2.78. The predicted molar refractivity (Wildman–Crippen MR) is 69.6 cm³/mol. The Morgan fingerprint density at radius 2 is 2.16 bits per heavy atom. The summed E-state index contributed by atoms with van der Waals surface area (Å²) in [5.41, 5.74) is -0.694. The maximum Gasteiger partial charge on any atom is 0.321 e. The topological polar surface area (TPSA) is 55.4 Å². The number of hydrogen-bond donors (Lipinski definition) is 1. The van der Waals surface area contributed by atoms with Crippen LogP contribution in [0.4, 0.5) is 4.39 Å². The lowest BCUT2D eigenvalue weighted by Crippen LogP contribution is -2.37. The highest BCUT2D eigenvalue weighted by molar-refractivity contribution is 9.10. The van der Waals surface area contributed by atoms with Crippen LogP contribution < -0.4 is 5.32 Å². The standard InChI is InChI=1S/C13H13BrFNO3/c1-19-12(18)13(4-5-13)11(17)16-7-8-6-9(14)2-3-10(8)15/h2-3,6H,4-5,7H2,1H3,(H,16,17). The minimum Gasteiger partial charge on any atom is -0.468 e.